The summed E-state index contributed by atoms with van der Waals surface area (Å²) < 4.78 is 12.6. The Morgan fingerprint density at radius 3 is 2.71 bits per heavy atom. The summed E-state index contributed by atoms with van der Waals surface area (Å²) in [6.07, 6.45) is 2.20. The molecule has 4 atom stereocenters. The van der Waals surface area contributed by atoms with E-state index in [1.807, 2.05) is 19.2 Å². The summed E-state index contributed by atoms with van der Waals surface area (Å²) in [5.41, 5.74) is 1.19. The maximum Gasteiger partial charge on any atom is 0.0564 e. The van der Waals surface area contributed by atoms with Gasteiger partial charge in [0.1, 0.15) is 0 Å². The molecule has 1 aromatic carbocycles. The highest BCUT2D eigenvalue weighted by Crippen LogP contribution is 2.32. The average Bonchev–Trinajstić information content (AvgIpc) is 2.69. The van der Waals surface area contributed by atoms with Crippen molar-refractivity contribution in [3.05, 3.63) is 29.8 Å². The van der Waals surface area contributed by atoms with Gasteiger partial charge in [0.25, 0.3) is 0 Å². The van der Waals surface area contributed by atoms with Crippen LogP contribution in [-0.4, -0.2) is 22.5 Å². The van der Waals surface area contributed by atoms with Gasteiger partial charge in [-0.15, -0.1) is 0 Å². The van der Waals surface area contributed by atoms with Gasteiger partial charge < -0.3 is 5.32 Å². The first kappa shape index (κ1) is 12.8. The molecule has 1 saturated carbocycles. The van der Waals surface area contributed by atoms with Gasteiger partial charge in [-0.1, -0.05) is 19.1 Å². The summed E-state index contributed by atoms with van der Waals surface area (Å²) in [5.74, 6) is 0.487. The number of hydrogen-bond donors (Lipinski definition) is 1. The summed E-state index contributed by atoms with van der Waals surface area (Å²) in [6.45, 7) is 4.27. The van der Waals surface area contributed by atoms with Crippen LogP contribution in [-0.2, 0) is 10.8 Å². The van der Waals surface area contributed by atoms with Crippen LogP contribution in [0.25, 0.3) is 0 Å². The van der Waals surface area contributed by atoms with Crippen LogP contribution >= 0.6 is 0 Å². The van der Waals surface area contributed by atoms with Crippen LogP contribution in [0.15, 0.2) is 29.2 Å². The van der Waals surface area contributed by atoms with Gasteiger partial charge in [-0.05, 0) is 50.4 Å². The minimum Gasteiger partial charge on any atom is -0.317 e. The van der Waals surface area contributed by atoms with Crippen LogP contribution in [0.2, 0.25) is 0 Å². The van der Waals surface area contributed by atoms with E-state index in [1.54, 1.807) is 0 Å². The van der Waals surface area contributed by atoms with Gasteiger partial charge in [-0.2, -0.15) is 0 Å². The molecule has 1 N–H and O–H groups in total. The number of hydrogen-bond acceptors (Lipinski definition) is 2. The Morgan fingerprint density at radius 1 is 1.35 bits per heavy atom. The van der Waals surface area contributed by atoms with Crippen molar-refractivity contribution >= 4 is 10.8 Å². The summed E-state index contributed by atoms with van der Waals surface area (Å²) in [6, 6.07) is 8.61. The number of rotatable bonds is 3. The molecule has 0 aromatic heterocycles. The zero-order chi connectivity index (χ0) is 12.4. The van der Waals surface area contributed by atoms with Crippen LogP contribution in [0.4, 0.5) is 0 Å². The predicted molar refractivity (Wildman–Crippen MR) is 72.6 cm³/mol. The van der Waals surface area contributed by atoms with E-state index in [1.165, 1.54) is 5.56 Å². The molecule has 0 aliphatic heterocycles. The lowest BCUT2D eigenvalue weighted by Crippen LogP contribution is -2.32. The van der Waals surface area contributed by atoms with Gasteiger partial charge in [-0.25, -0.2) is 0 Å². The van der Waals surface area contributed by atoms with Crippen LogP contribution < -0.4 is 5.32 Å². The summed E-state index contributed by atoms with van der Waals surface area (Å²) in [5, 5.41) is 3.63. The van der Waals surface area contributed by atoms with Crippen molar-refractivity contribution in [1.82, 2.24) is 5.32 Å². The van der Waals surface area contributed by atoms with Crippen molar-refractivity contribution in [1.29, 1.82) is 0 Å². The smallest absolute Gasteiger partial charge is 0.0564 e. The second-order valence-corrected chi connectivity index (χ2v) is 6.66. The molecule has 2 rings (SSSR count). The van der Waals surface area contributed by atoms with Crippen molar-refractivity contribution < 1.29 is 4.21 Å². The van der Waals surface area contributed by atoms with Crippen molar-refractivity contribution in [3.63, 3.8) is 0 Å². The van der Waals surface area contributed by atoms with Gasteiger partial charge in [0.05, 0.1) is 10.8 Å². The Bertz CT molecular complexity index is 418. The van der Waals surface area contributed by atoms with E-state index in [9.17, 15) is 4.21 Å². The number of aryl methyl sites for hydroxylation is 1. The van der Waals surface area contributed by atoms with Crippen molar-refractivity contribution in [2.24, 2.45) is 5.92 Å². The predicted octanol–water partition coefficient (Wildman–Crippen LogP) is 2.49. The third kappa shape index (κ3) is 2.61. The van der Waals surface area contributed by atoms with E-state index in [0.717, 1.165) is 17.7 Å². The second-order valence-electron chi connectivity index (χ2n) is 4.98. The Balaban J connectivity index is 2.16. The molecular formula is C14H21NOS. The molecule has 0 heterocycles. The maximum absolute atomic E-state index is 12.6. The van der Waals surface area contributed by atoms with Crippen LogP contribution in [0.5, 0.6) is 0 Å². The summed E-state index contributed by atoms with van der Waals surface area (Å²) in [4.78, 5) is 0.985. The third-order valence-electron chi connectivity index (χ3n) is 3.85. The maximum atomic E-state index is 12.6. The van der Waals surface area contributed by atoms with Gasteiger partial charge in [-0.3, -0.25) is 4.21 Å². The van der Waals surface area contributed by atoms with Crippen LogP contribution in [0.1, 0.15) is 25.3 Å². The lowest BCUT2D eigenvalue weighted by Gasteiger charge is -2.20. The molecule has 94 valence electrons. The summed E-state index contributed by atoms with van der Waals surface area (Å²) >= 11 is 0. The Hall–Kier alpha value is -0.670. The molecule has 1 fully saturated rings. The zero-order valence-corrected chi connectivity index (χ0v) is 11.6. The SMILES string of the molecule is CNC1CCC(S(=O)c2cccc(C)c2)C1C. The monoisotopic (exact) mass is 251 g/mol. The van der Waals surface area contributed by atoms with Crippen molar-refractivity contribution in [3.8, 4) is 0 Å². The van der Waals surface area contributed by atoms with Crippen molar-refractivity contribution in [2.75, 3.05) is 7.05 Å². The topological polar surface area (TPSA) is 29.1 Å². The Kier molecular flexibility index (Phi) is 4.00. The number of benzene rings is 1. The average molecular weight is 251 g/mol. The first-order valence-electron chi connectivity index (χ1n) is 6.28. The molecule has 1 aromatic rings. The standard InChI is InChI=1S/C14H21NOS/c1-10-5-4-6-12(9-10)17(16)14-8-7-13(15-3)11(14)2/h4-6,9,11,13-15H,7-8H2,1-3H3. The van der Waals surface area contributed by atoms with E-state index in [2.05, 4.69) is 31.3 Å². The minimum atomic E-state index is -0.861. The fourth-order valence-electron chi connectivity index (χ4n) is 2.75. The van der Waals surface area contributed by atoms with E-state index < -0.39 is 10.8 Å². The van der Waals surface area contributed by atoms with Gasteiger partial charge in [0, 0.05) is 16.2 Å². The largest absolute Gasteiger partial charge is 0.317 e. The molecule has 4 unspecified atom stereocenters. The summed E-state index contributed by atoms with van der Waals surface area (Å²) in [7, 11) is 1.14. The fraction of sp³-hybridized carbons (Fsp3) is 0.571. The molecule has 17 heavy (non-hydrogen) atoms. The highest BCUT2D eigenvalue weighted by molar-refractivity contribution is 7.85. The van der Waals surface area contributed by atoms with Gasteiger partial charge in [0.2, 0.25) is 0 Å². The van der Waals surface area contributed by atoms with E-state index >= 15 is 0 Å². The Labute approximate surface area is 106 Å². The highest BCUT2D eigenvalue weighted by atomic mass is 32.2. The second kappa shape index (κ2) is 5.32. The molecule has 2 nitrogen and oxygen atoms in total. The quantitative estimate of drug-likeness (QED) is 0.894. The molecule has 0 saturated heterocycles. The lowest BCUT2D eigenvalue weighted by molar-refractivity contribution is 0.460. The molecule has 0 spiro atoms. The zero-order valence-electron chi connectivity index (χ0n) is 10.8. The molecule has 3 heteroatoms. The highest BCUT2D eigenvalue weighted by Gasteiger charge is 2.35. The van der Waals surface area contributed by atoms with Gasteiger partial charge >= 0.3 is 0 Å². The molecule has 0 bridgehead atoms. The molecule has 0 radical (unpaired) electrons. The first-order chi connectivity index (χ1) is 8.13. The molecular weight excluding hydrogens is 230 g/mol. The van der Waals surface area contributed by atoms with Crippen LogP contribution in [0.3, 0.4) is 0 Å². The number of nitrogens with one attached hydrogen (secondary N) is 1. The molecule has 0 amide bonds. The van der Waals surface area contributed by atoms with Gasteiger partial charge in [0.15, 0.2) is 0 Å². The lowest BCUT2D eigenvalue weighted by atomic mass is 10.1. The minimum absolute atomic E-state index is 0.300. The third-order valence-corrected chi connectivity index (χ3v) is 5.78. The Morgan fingerprint density at radius 2 is 2.12 bits per heavy atom. The normalized spacial score (nSPS) is 30.4. The molecule has 1 aliphatic carbocycles. The van der Waals surface area contributed by atoms with E-state index in [-0.39, 0.29) is 0 Å². The molecule has 1 aliphatic rings. The van der Waals surface area contributed by atoms with E-state index in [4.69, 9.17) is 0 Å². The fourth-order valence-corrected chi connectivity index (χ4v) is 4.55. The van der Waals surface area contributed by atoms with Crippen LogP contribution in [0, 0.1) is 12.8 Å². The first-order valence-corrected chi connectivity index (χ1v) is 7.49. The van der Waals surface area contributed by atoms with E-state index in [0.29, 0.717) is 17.2 Å². The van der Waals surface area contributed by atoms with Crippen molar-refractivity contribution in [2.45, 2.75) is 42.9 Å².